The number of nitriles is 1. The molecule has 0 N–H and O–H groups in total. The number of aromatic nitrogens is 1. The third-order valence-electron chi connectivity index (χ3n) is 3.92. The Morgan fingerprint density at radius 3 is 2.71 bits per heavy atom. The van der Waals surface area contributed by atoms with Crippen LogP contribution in [0.3, 0.4) is 0 Å². The van der Waals surface area contributed by atoms with Crippen molar-refractivity contribution in [3.8, 4) is 6.07 Å². The Hall–Kier alpha value is -1.79. The molecule has 21 heavy (non-hydrogen) atoms. The quantitative estimate of drug-likeness (QED) is 0.812. The van der Waals surface area contributed by atoms with Gasteiger partial charge < -0.3 is 0 Å². The van der Waals surface area contributed by atoms with Crippen LogP contribution in [0.1, 0.15) is 40.8 Å². The number of benzene rings is 1. The standard InChI is InChI=1S/C18H18N2S/c1-12-7-8-17(13(2)9-12)21-18-15(11-19)10-14-5-3-4-6-16(14)20-18/h7-10H,3-6H2,1-2H3. The average Bonchev–Trinajstić information content (AvgIpc) is 2.49. The van der Waals surface area contributed by atoms with Gasteiger partial charge in [-0.05, 0) is 62.8 Å². The largest absolute Gasteiger partial charge is 0.244 e. The Morgan fingerprint density at radius 2 is 1.95 bits per heavy atom. The van der Waals surface area contributed by atoms with E-state index in [4.69, 9.17) is 4.98 Å². The zero-order valence-corrected chi connectivity index (χ0v) is 13.3. The van der Waals surface area contributed by atoms with Crippen molar-refractivity contribution in [2.75, 3.05) is 0 Å². The topological polar surface area (TPSA) is 36.7 Å². The van der Waals surface area contributed by atoms with Crippen LogP contribution in [0.15, 0.2) is 34.2 Å². The van der Waals surface area contributed by atoms with E-state index in [-0.39, 0.29) is 0 Å². The van der Waals surface area contributed by atoms with Crippen LogP contribution in [-0.4, -0.2) is 4.98 Å². The van der Waals surface area contributed by atoms with E-state index in [1.807, 2.05) is 6.07 Å². The molecule has 2 aromatic rings. The first-order valence-corrected chi connectivity index (χ1v) is 8.17. The van der Waals surface area contributed by atoms with E-state index >= 15 is 0 Å². The first-order valence-electron chi connectivity index (χ1n) is 7.35. The van der Waals surface area contributed by atoms with E-state index in [0.717, 1.165) is 17.9 Å². The molecule has 0 spiro atoms. The number of hydrogen-bond donors (Lipinski definition) is 0. The lowest BCUT2D eigenvalue weighted by Crippen LogP contribution is -2.07. The van der Waals surface area contributed by atoms with E-state index < -0.39 is 0 Å². The second kappa shape index (κ2) is 5.91. The van der Waals surface area contributed by atoms with E-state index in [1.165, 1.54) is 40.1 Å². The Balaban J connectivity index is 1.99. The SMILES string of the molecule is Cc1ccc(Sc2nc3c(cc2C#N)CCCC3)c(C)c1. The normalized spacial score (nSPS) is 13.6. The van der Waals surface area contributed by atoms with Crippen molar-refractivity contribution in [2.45, 2.75) is 49.5 Å². The highest BCUT2D eigenvalue weighted by atomic mass is 32.2. The summed E-state index contributed by atoms with van der Waals surface area (Å²) in [6, 6.07) is 10.8. The number of hydrogen-bond acceptors (Lipinski definition) is 3. The number of pyridine rings is 1. The van der Waals surface area contributed by atoms with Gasteiger partial charge in [-0.15, -0.1) is 0 Å². The van der Waals surface area contributed by atoms with Crippen LogP contribution >= 0.6 is 11.8 Å². The van der Waals surface area contributed by atoms with Crippen LogP contribution in [0.25, 0.3) is 0 Å². The first-order chi connectivity index (χ1) is 10.2. The van der Waals surface area contributed by atoms with Gasteiger partial charge in [0.2, 0.25) is 0 Å². The highest BCUT2D eigenvalue weighted by Gasteiger charge is 2.16. The molecular formula is C18H18N2S. The van der Waals surface area contributed by atoms with Crippen LogP contribution in [-0.2, 0) is 12.8 Å². The number of rotatable bonds is 2. The van der Waals surface area contributed by atoms with Gasteiger partial charge in [-0.2, -0.15) is 5.26 Å². The summed E-state index contributed by atoms with van der Waals surface area (Å²) in [5.74, 6) is 0. The maximum atomic E-state index is 9.41. The summed E-state index contributed by atoms with van der Waals surface area (Å²) in [4.78, 5) is 5.96. The first kappa shape index (κ1) is 14.2. The molecule has 1 aliphatic rings. The molecule has 2 nitrogen and oxygen atoms in total. The Kier molecular flexibility index (Phi) is 3.98. The fourth-order valence-electron chi connectivity index (χ4n) is 2.79. The molecule has 0 radical (unpaired) electrons. The van der Waals surface area contributed by atoms with Gasteiger partial charge in [-0.1, -0.05) is 29.5 Å². The van der Waals surface area contributed by atoms with Crippen molar-refractivity contribution in [1.82, 2.24) is 4.98 Å². The Labute approximate surface area is 130 Å². The Bertz CT molecular complexity index is 729. The third-order valence-corrected chi connectivity index (χ3v) is 5.11. The Morgan fingerprint density at radius 1 is 1.14 bits per heavy atom. The van der Waals surface area contributed by atoms with Crippen LogP contribution in [0.5, 0.6) is 0 Å². The van der Waals surface area contributed by atoms with E-state index in [2.05, 4.69) is 38.1 Å². The van der Waals surface area contributed by atoms with Crippen molar-refractivity contribution in [3.05, 3.63) is 52.2 Å². The number of fused-ring (bicyclic) bond motifs is 1. The minimum absolute atomic E-state index is 0.709. The maximum Gasteiger partial charge on any atom is 0.119 e. The second-order valence-electron chi connectivity index (χ2n) is 5.64. The van der Waals surface area contributed by atoms with Gasteiger partial charge >= 0.3 is 0 Å². The molecule has 0 atom stereocenters. The molecule has 0 amide bonds. The van der Waals surface area contributed by atoms with Crippen LogP contribution in [0.2, 0.25) is 0 Å². The molecule has 1 aromatic heterocycles. The van der Waals surface area contributed by atoms with Crippen molar-refractivity contribution in [2.24, 2.45) is 0 Å². The molecule has 1 aromatic carbocycles. The molecule has 0 saturated heterocycles. The number of aryl methyl sites for hydroxylation is 4. The highest BCUT2D eigenvalue weighted by Crippen LogP contribution is 2.33. The summed E-state index contributed by atoms with van der Waals surface area (Å²) in [5, 5.41) is 10.3. The van der Waals surface area contributed by atoms with Gasteiger partial charge in [0.15, 0.2) is 0 Å². The van der Waals surface area contributed by atoms with Crippen molar-refractivity contribution >= 4 is 11.8 Å². The second-order valence-corrected chi connectivity index (χ2v) is 6.67. The zero-order valence-electron chi connectivity index (χ0n) is 12.4. The van der Waals surface area contributed by atoms with Gasteiger partial charge in [-0.3, -0.25) is 0 Å². The highest BCUT2D eigenvalue weighted by molar-refractivity contribution is 7.99. The smallest absolute Gasteiger partial charge is 0.119 e. The molecule has 1 aliphatic carbocycles. The molecule has 3 heteroatoms. The molecule has 0 fully saturated rings. The summed E-state index contributed by atoms with van der Waals surface area (Å²) in [6.07, 6.45) is 4.52. The van der Waals surface area contributed by atoms with E-state index in [0.29, 0.717) is 5.56 Å². The van der Waals surface area contributed by atoms with Crippen molar-refractivity contribution < 1.29 is 0 Å². The third kappa shape index (κ3) is 2.96. The monoisotopic (exact) mass is 294 g/mol. The molecule has 106 valence electrons. The zero-order chi connectivity index (χ0) is 14.8. The predicted molar refractivity (Wildman–Crippen MR) is 85.6 cm³/mol. The lowest BCUT2D eigenvalue weighted by Gasteiger charge is -2.16. The van der Waals surface area contributed by atoms with Crippen molar-refractivity contribution in [1.29, 1.82) is 5.26 Å². The summed E-state index contributed by atoms with van der Waals surface area (Å²) in [7, 11) is 0. The summed E-state index contributed by atoms with van der Waals surface area (Å²) in [6.45, 7) is 4.21. The van der Waals surface area contributed by atoms with E-state index in [1.54, 1.807) is 11.8 Å². The van der Waals surface area contributed by atoms with Gasteiger partial charge in [0.05, 0.1) is 5.56 Å². The molecule has 1 heterocycles. The minimum atomic E-state index is 0.709. The predicted octanol–water partition coefficient (Wildman–Crippen LogP) is 4.60. The molecule has 3 rings (SSSR count). The molecule has 0 saturated carbocycles. The van der Waals surface area contributed by atoms with E-state index in [9.17, 15) is 5.26 Å². The fraction of sp³-hybridized carbons (Fsp3) is 0.333. The molecule has 0 bridgehead atoms. The van der Waals surface area contributed by atoms with Crippen LogP contribution in [0.4, 0.5) is 0 Å². The summed E-state index contributed by atoms with van der Waals surface area (Å²) < 4.78 is 0. The number of nitrogens with zero attached hydrogens (tertiary/aromatic N) is 2. The minimum Gasteiger partial charge on any atom is -0.244 e. The van der Waals surface area contributed by atoms with Crippen molar-refractivity contribution in [3.63, 3.8) is 0 Å². The molecule has 0 unspecified atom stereocenters. The van der Waals surface area contributed by atoms with Gasteiger partial charge in [-0.25, -0.2) is 4.98 Å². The lowest BCUT2D eigenvalue weighted by atomic mass is 9.95. The summed E-state index contributed by atoms with van der Waals surface area (Å²) in [5.41, 5.74) is 5.66. The maximum absolute atomic E-state index is 9.41. The lowest BCUT2D eigenvalue weighted by molar-refractivity contribution is 0.660. The average molecular weight is 294 g/mol. The fourth-order valence-corrected chi connectivity index (χ4v) is 3.73. The van der Waals surface area contributed by atoms with Gasteiger partial charge in [0.1, 0.15) is 11.1 Å². The van der Waals surface area contributed by atoms with Gasteiger partial charge in [0.25, 0.3) is 0 Å². The van der Waals surface area contributed by atoms with Gasteiger partial charge in [0, 0.05) is 10.6 Å². The summed E-state index contributed by atoms with van der Waals surface area (Å²) >= 11 is 1.61. The molecular weight excluding hydrogens is 276 g/mol. The molecule has 0 aliphatic heterocycles. The van der Waals surface area contributed by atoms with Crippen LogP contribution < -0.4 is 0 Å². The van der Waals surface area contributed by atoms with Crippen LogP contribution in [0, 0.1) is 25.2 Å².